The van der Waals surface area contributed by atoms with Crippen molar-refractivity contribution in [1.82, 2.24) is 4.98 Å². The van der Waals surface area contributed by atoms with Crippen molar-refractivity contribution < 1.29 is 9.53 Å². The predicted octanol–water partition coefficient (Wildman–Crippen LogP) is 2.45. The van der Waals surface area contributed by atoms with Gasteiger partial charge in [0.25, 0.3) is 6.47 Å². The molecule has 0 aliphatic carbocycles. The molecule has 0 spiro atoms. The van der Waals surface area contributed by atoms with Crippen molar-refractivity contribution >= 4 is 17.8 Å². The van der Waals surface area contributed by atoms with Gasteiger partial charge >= 0.3 is 0 Å². The summed E-state index contributed by atoms with van der Waals surface area (Å²) in [5.74, 6) is 0.0256. The summed E-state index contributed by atoms with van der Waals surface area (Å²) in [4.78, 5) is 14.5. The van der Waals surface area contributed by atoms with E-state index in [0.717, 1.165) is 11.3 Å². The molecular weight excluding hydrogens is 222 g/mol. The molecule has 82 valence electrons. The zero-order valence-corrected chi connectivity index (χ0v) is 9.39. The lowest BCUT2D eigenvalue weighted by Crippen LogP contribution is -2.09. The molecule has 3 nitrogen and oxygen atoms in total. The molecule has 2 aromatic rings. The van der Waals surface area contributed by atoms with Crippen LogP contribution in [0.2, 0.25) is 0 Å². The number of nitrogens with zero attached hydrogens (tertiary/aromatic N) is 1. The van der Waals surface area contributed by atoms with E-state index in [9.17, 15) is 4.79 Å². The van der Waals surface area contributed by atoms with Crippen LogP contribution in [0.5, 0.6) is 0 Å². The lowest BCUT2D eigenvalue weighted by atomic mass is 9.97. The number of carbonyl (C=O) groups excluding carboxylic acids is 1. The molecule has 4 heteroatoms. The highest BCUT2D eigenvalue weighted by atomic mass is 32.1. The normalized spacial score (nSPS) is 12.0. The van der Waals surface area contributed by atoms with Crippen LogP contribution in [0.4, 0.5) is 0 Å². The van der Waals surface area contributed by atoms with Crippen LogP contribution in [-0.2, 0) is 9.53 Å². The highest BCUT2D eigenvalue weighted by molar-refractivity contribution is 7.07. The van der Waals surface area contributed by atoms with Crippen LogP contribution in [0, 0.1) is 0 Å². The SMILES string of the molecule is O=COCC(c1ccccc1)c1cscn1. The van der Waals surface area contributed by atoms with Crippen molar-refractivity contribution in [3.63, 3.8) is 0 Å². The molecule has 1 unspecified atom stereocenters. The van der Waals surface area contributed by atoms with Crippen molar-refractivity contribution in [2.45, 2.75) is 5.92 Å². The second-order valence-corrected chi connectivity index (χ2v) is 4.02. The van der Waals surface area contributed by atoms with Gasteiger partial charge < -0.3 is 4.74 Å². The summed E-state index contributed by atoms with van der Waals surface area (Å²) in [7, 11) is 0. The van der Waals surface area contributed by atoms with Gasteiger partial charge in [-0.1, -0.05) is 30.3 Å². The zero-order chi connectivity index (χ0) is 11.2. The van der Waals surface area contributed by atoms with Crippen LogP contribution < -0.4 is 0 Å². The molecule has 2 rings (SSSR count). The number of carbonyl (C=O) groups is 1. The largest absolute Gasteiger partial charge is 0.467 e. The summed E-state index contributed by atoms with van der Waals surface area (Å²) < 4.78 is 4.86. The van der Waals surface area contributed by atoms with Gasteiger partial charge in [0.1, 0.15) is 6.61 Å². The minimum atomic E-state index is 0.0256. The predicted molar refractivity (Wildman–Crippen MR) is 62.4 cm³/mol. The van der Waals surface area contributed by atoms with E-state index in [2.05, 4.69) is 4.98 Å². The van der Waals surface area contributed by atoms with Crippen LogP contribution in [0.3, 0.4) is 0 Å². The lowest BCUT2D eigenvalue weighted by molar-refractivity contribution is -0.128. The first kappa shape index (κ1) is 10.8. The number of rotatable bonds is 5. The summed E-state index contributed by atoms with van der Waals surface area (Å²) in [6, 6.07) is 9.92. The van der Waals surface area contributed by atoms with Crippen LogP contribution in [0.15, 0.2) is 41.2 Å². The third-order valence-electron chi connectivity index (χ3n) is 2.34. The Bertz CT molecular complexity index is 428. The van der Waals surface area contributed by atoms with Gasteiger partial charge in [0, 0.05) is 5.38 Å². The molecule has 1 heterocycles. The van der Waals surface area contributed by atoms with Gasteiger partial charge in [-0.3, -0.25) is 4.79 Å². The molecule has 0 saturated heterocycles. The first-order chi connectivity index (χ1) is 7.92. The summed E-state index contributed by atoms with van der Waals surface area (Å²) in [6.45, 7) is 0.805. The number of thiazole rings is 1. The van der Waals surface area contributed by atoms with E-state index in [4.69, 9.17) is 4.74 Å². The van der Waals surface area contributed by atoms with Crippen LogP contribution in [0.25, 0.3) is 0 Å². The lowest BCUT2D eigenvalue weighted by Gasteiger charge is -2.13. The summed E-state index contributed by atoms with van der Waals surface area (Å²) in [5, 5.41) is 1.98. The van der Waals surface area contributed by atoms with Crippen LogP contribution >= 0.6 is 11.3 Å². The average molecular weight is 233 g/mol. The van der Waals surface area contributed by atoms with Gasteiger partial charge in [-0.25, -0.2) is 4.98 Å². The van der Waals surface area contributed by atoms with E-state index >= 15 is 0 Å². The van der Waals surface area contributed by atoms with Gasteiger partial charge in [0.15, 0.2) is 0 Å². The molecule has 16 heavy (non-hydrogen) atoms. The monoisotopic (exact) mass is 233 g/mol. The fourth-order valence-corrected chi connectivity index (χ4v) is 2.18. The van der Waals surface area contributed by atoms with Crippen LogP contribution in [-0.4, -0.2) is 18.1 Å². The van der Waals surface area contributed by atoms with Crippen molar-refractivity contribution in [2.75, 3.05) is 6.61 Å². The number of benzene rings is 1. The molecule has 0 N–H and O–H groups in total. The van der Waals surface area contributed by atoms with Crippen molar-refractivity contribution in [3.8, 4) is 0 Å². The number of ether oxygens (including phenoxy) is 1. The molecule has 0 radical (unpaired) electrons. The van der Waals surface area contributed by atoms with Crippen molar-refractivity contribution in [3.05, 3.63) is 52.5 Å². The van der Waals surface area contributed by atoms with Gasteiger partial charge in [0.2, 0.25) is 0 Å². The van der Waals surface area contributed by atoms with Gasteiger partial charge in [-0.15, -0.1) is 11.3 Å². The fourth-order valence-electron chi connectivity index (χ4n) is 1.57. The fraction of sp³-hybridized carbons (Fsp3) is 0.167. The molecular formula is C12H11NO2S. The minimum Gasteiger partial charge on any atom is -0.467 e. The van der Waals surface area contributed by atoms with E-state index in [1.54, 1.807) is 16.8 Å². The quantitative estimate of drug-likeness (QED) is 0.745. The number of aromatic nitrogens is 1. The number of hydrogen-bond donors (Lipinski definition) is 0. The number of hydrogen-bond acceptors (Lipinski definition) is 4. The molecule has 0 aliphatic rings. The van der Waals surface area contributed by atoms with Gasteiger partial charge in [0.05, 0.1) is 17.1 Å². The average Bonchev–Trinajstić information content (AvgIpc) is 2.85. The maximum absolute atomic E-state index is 10.3. The topological polar surface area (TPSA) is 39.2 Å². The molecule has 0 amide bonds. The Kier molecular flexibility index (Phi) is 3.66. The van der Waals surface area contributed by atoms with Gasteiger partial charge in [-0.2, -0.15) is 0 Å². The Morgan fingerprint density at radius 3 is 2.81 bits per heavy atom. The third kappa shape index (κ3) is 2.46. The minimum absolute atomic E-state index is 0.0256. The highest BCUT2D eigenvalue weighted by Gasteiger charge is 2.16. The summed E-state index contributed by atoms with van der Waals surface area (Å²) >= 11 is 1.54. The van der Waals surface area contributed by atoms with Crippen molar-refractivity contribution in [1.29, 1.82) is 0 Å². The summed E-state index contributed by atoms with van der Waals surface area (Å²) in [5.41, 5.74) is 3.83. The molecule has 0 aliphatic heterocycles. The Labute approximate surface area is 97.7 Å². The molecule has 1 aromatic heterocycles. The molecule has 0 bridgehead atoms. The zero-order valence-electron chi connectivity index (χ0n) is 8.58. The Balaban J connectivity index is 2.25. The Hall–Kier alpha value is -1.68. The van der Waals surface area contributed by atoms with E-state index in [-0.39, 0.29) is 5.92 Å². The summed E-state index contributed by atoms with van der Waals surface area (Å²) in [6.07, 6.45) is 0. The smallest absolute Gasteiger partial charge is 0.293 e. The highest BCUT2D eigenvalue weighted by Crippen LogP contribution is 2.24. The molecule has 1 atom stereocenters. The first-order valence-electron chi connectivity index (χ1n) is 4.90. The van der Waals surface area contributed by atoms with Gasteiger partial charge in [-0.05, 0) is 5.56 Å². The molecule has 0 fully saturated rings. The standard InChI is InChI=1S/C12H11NO2S/c14-9-15-6-11(12-7-16-8-13-12)10-4-2-1-3-5-10/h1-5,7-9,11H,6H2. The van der Waals surface area contributed by atoms with E-state index in [1.165, 1.54) is 0 Å². The molecule has 0 saturated carbocycles. The second-order valence-electron chi connectivity index (χ2n) is 3.31. The maximum atomic E-state index is 10.3. The van der Waals surface area contributed by atoms with E-state index in [0.29, 0.717) is 13.1 Å². The maximum Gasteiger partial charge on any atom is 0.293 e. The van der Waals surface area contributed by atoms with E-state index < -0.39 is 0 Å². The van der Waals surface area contributed by atoms with E-state index in [1.807, 2.05) is 35.7 Å². The second kappa shape index (κ2) is 5.42. The third-order valence-corrected chi connectivity index (χ3v) is 2.95. The molecule has 1 aromatic carbocycles. The van der Waals surface area contributed by atoms with Crippen molar-refractivity contribution in [2.24, 2.45) is 0 Å². The van der Waals surface area contributed by atoms with Crippen LogP contribution in [0.1, 0.15) is 17.2 Å². The Morgan fingerprint density at radius 2 is 2.19 bits per heavy atom. The first-order valence-corrected chi connectivity index (χ1v) is 5.84. The Morgan fingerprint density at radius 1 is 1.38 bits per heavy atom.